The molecule has 0 radical (unpaired) electrons. The summed E-state index contributed by atoms with van der Waals surface area (Å²) < 4.78 is 15.9. The molecule has 0 unspecified atom stereocenters. The number of rotatable bonds is 7. The van der Waals surface area contributed by atoms with Crippen LogP contribution in [0.4, 0.5) is 0 Å². The molecule has 2 rings (SSSR count). The first-order valence-corrected chi connectivity index (χ1v) is 6.69. The zero-order valence-corrected chi connectivity index (χ0v) is 12.2. The number of nitrogens with one attached hydrogen (secondary N) is 1. The summed E-state index contributed by atoms with van der Waals surface area (Å²) in [5.41, 5.74) is 1.21. The summed E-state index contributed by atoms with van der Waals surface area (Å²) in [6, 6.07) is 10.2. The molecule has 0 fully saturated rings. The predicted octanol–water partition coefficient (Wildman–Crippen LogP) is 3.02. The van der Waals surface area contributed by atoms with E-state index in [4.69, 9.17) is 13.9 Å². The number of hydrogen-bond donors (Lipinski definition) is 1. The Hall–Kier alpha value is -1.94. The molecule has 0 bridgehead atoms. The van der Waals surface area contributed by atoms with E-state index in [0.717, 1.165) is 30.2 Å². The van der Waals surface area contributed by atoms with E-state index in [0.29, 0.717) is 6.04 Å². The summed E-state index contributed by atoms with van der Waals surface area (Å²) in [6.07, 6.45) is 2.61. The minimum atomic E-state index is 0.346. The van der Waals surface area contributed by atoms with Crippen molar-refractivity contribution in [3.63, 3.8) is 0 Å². The van der Waals surface area contributed by atoms with Gasteiger partial charge in [-0.1, -0.05) is 6.07 Å². The maximum atomic E-state index is 5.32. The van der Waals surface area contributed by atoms with Gasteiger partial charge in [0.2, 0.25) is 0 Å². The van der Waals surface area contributed by atoms with Crippen molar-refractivity contribution in [3.8, 4) is 11.5 Å². The van der Waals surface area contributed by atoms with Crippen molar-refractivity contribution in [2.45, 2.75) is 25.9 Å². The second kappa shape index (κ2) is 7.01. The van der Waals surface area contributed by atoms with Gasteiger partial charge in [0.25, 0.3) is 0 Å². The zero-order chi connectivity index (χ0) is 14.4. The molecule has 0 aliphatic carbocycles. The normalized spacial score (nSPS) is 12.2. The van der Waals surface area contributed by atoms with Crippen LogP contribution in [0.2, 0.25) is 0 Å². The van der Waals surface area contributed by atoms with Crippen LogP contribution in [0.1, 0.15) is 18.2 Å². The van der Waals surface area contributed by atoms with Crippen LogP contribution < -0.4 is 14.8 Å². The fourth-order valence-corrected chi connectivity index (χ4v) is 2.12. The molecule has 108 valence electrons. The van der Waals surface area contributed by atoms with E-state index in [1.165, 1.54) is 5.56 Å². The third-order valence-electron chi connectivity index (χ3n) is 3.19. The van der Waals surface area contributed by atoms with Crippen molar-refractivity contribution in [2.75, 3.05) is 14.2 Å². The number of furan rings is 1. The van der Waals surface area contributed by atoms with Gasteiger partial charge in [-0.3, -0.25) is 0 Å². The van der Waals surface area contributed by atoms with Crippen LogP contribution in [-0.2, 0) is 13.0 Å². The molecule has 0 spiro atoms. The minimum Gasteiger partial charge on any atom is -0.493 e. The summed E-state index contributed by atoms with van der Waals surface area (Å²) in [4.78, 5) is 0. The van der Waals surface area contributed by atoms with Gasteiger partial charge in [0, 0.05) is 6.04 Å². The van der Waals surface area contributed by atoms with Crippen LogP contribution in [0.5, 0.6) is 11.5 Å². The average Bonchev–Trinajstić information content (AvgIpc) is 2.98. The molecule has 0 aliphatic heterocycles. The van der Waals surface area contributed by atoms with Gasteiger partial charge in [0.1, 0.15) is 5.76 Å². The number of methoxy groups -OCH3 is 2. The van der Waals surface area contributed by atoms with Crippen molar-refractivity contribution in [1.29, 1.82) is 0 Å². The number of benzene rings is 1. The summed E-state index contributed by atoms with van der Waals surface area (Å²) in [6.45, 7) is 2.89. The van der Waals surface area contributed by atoms with E-state index >= 15 is 0 Å². The van der Waals surface area contributed by atoms with E-state index in [1.807, 2.05) is 24.3 Å². The molecule has 0 aliphatic rings. The second-order valence-corrected chi connectivity index (χ2v) is 4.75. The molecule has 0 amide bonds. The average molecular weight is 275 g/mol. The quantitative estimate of drug-likeness (QED) is 0.843. The molecule has 20 heavy (non-hydrogen) atoms. The number of hydrogen-bond acceptors (Lipinski definition) is 4. The topological polar surface area (TPSA) is 43.6 Å². The molecule has 1 aromatic heterocycles. The first kappa shape index (κ1) is 14.5. The van der Waals surface area contributed by atoms with Crippen molar-refractivity contribution >= 4 is 0 Å². The first-order chi connectivity index (χ1) is 9.72. The van der Waals surface area contributed by atoms with Crippen LogP contribution >= 0.6 is 0 Å². The maximum Gasteiger partial charge on any atom is 0.160 e. The van der Waals surface area contributed by atoms with Crippen molar-refractivity contribution < 1.29 is 13.9 Å². The van der Waals surface area contributed by atoms with E-state index < -0.39 is 0 Å². The smallest absolute Gasteiger partial charge is 0.160 e. The third kappa shape index (κ3) is 3.78. The molecule has 1 atom stereocenters. The van der Waals surface area contributed by atoms with Crippen LogP contribution in [0.25, 0.3) is 0 Å². The summed E-state index contributed by atoms with van der Waals surface area (Å²) in [7, 11) is 3.30. The standard InChI is InChI=1S/C16H21NO3/c1-12(17-11-14-5-4-8-20-14)9-13-6-7-15(18-2)16(10-13)19-3/h4-8,10,12,17H,9,11H2,1-3H3/t12-/m0/s1. The summed E-state index contributed by atoms with van der Waals surface area (Å²) in [5, 5.41) is 3.43. The van der Waals surface area contributed by atoms with Crippen molar-refractivity contribution in [1.82, 2.24) is 5.32 Å². The van der Waals surface area contributed by atoms with Gasteiger partial charge in [0.15, 0.2) is 11.5 Å². The van der Waals surface area contributed by atoms with E-state index in [1.54, 1.807) is 20.5 Å². The molecule has 1 aromatic carbocycles. The lowest BCUT2D eigenvalue weighted by molar-refractivity contribution is 0.354. The Morgan fingerprint density at radius 3 is 2.60 bits per heavy atom. The fourth-order valence-electron chi connectivity index (χ4n) is 2.12. The second-order valence-electron chi connectivity index (χ2n) is 4.75. The SMILES string of the molecule is COc1ccc(C[C@H](C)NCc2ccco2)cc1OC. The first-order valence-electron chi connectivity index (χ1n) is 6.69. The number of ether oxygens (including phenoxy) is 2. The Kier molecular flexibility index (Phi) is 5.07. The van der Waals surface area contributed by atoms with Gasteiger partial charge in [-0.15, -0.1) is 0 Å². The molecular weight excluding hydrogens is 254 g/mol. The highest BCUT2D eigenvalue weighted by Crippen LogP contribution is 2.27. The Labute approximate surface area is 119 Å². The Morgan fingerprint density at radius 2 is 1.95 bits per heavy atom. The van der Waals surface area contributed by atoms with Gasteiger partial charge < -0.3 is 19.2 Å². The predicted molar refractivity (Wildman–Crippen MR) is 78.3 cm³/mol. The van der Waals surface area contributed by atoms with Crippen molar-refractivity contribution in [2.24, 2.45) is 0 Å². The van der Waals surface area contributed by atoms with Gasteiger partial charge >= 0.3 is 0 Å². The maximum absolute atomic E-state index is 5.32. The van der Waals surface area contributed by atoms with E-state index in [9.17, 15) is 0 Å². The van der Waals surface area contributed by atoms with Gasteiger partial charge in [-0.25, -0.2) is 0 Å². The molecule has 0 saturated carbocycles. The molecule has 1 heterocycles. The van der Waals surface area contributed by atoms with Crippen LogP contribution in [-0.4, -0.2) is 20.3 Å². The van der Waals surface area contributed by atoms with Gasteiger partial charge in [0.05, 0.1) is 27.0 Å². The van der Waals surface area contributed by atoms with E-state index in [2.05, 4.69) is 18.3 Å². The molecule has 4 heteroatoms. The monoisotopic (exact) mass is 275 g/mol. The van der Waals surface area contributed by atoms with Gasteiger partial charge in [-0.05, 0) is 43.2 Å². The summed E-state index contributed by atoms with van der Waals surface area (Å²) >= 11 is 0. The Balaban J connectivity index is 1.91. The van der Waals surface area contributed by atoms with Crippen molar-refractivity contribution in [3.05, 3.63) is 47.9 Å². The molecule has 1 N–H and O–H groups in total. The van der Waals surface area contributed by atoms with Crippen LogP contribution in [0.15, 0.2) is 41.0 Å². The van der Waals surface area contributed by atoms with E-state index in [-0.39, 0.29) is 0 Å². The lowest BCUT2D eigenvalue weighted by atomic mass is 10.1. The minimum absolute atomic E-state index is 0.346. The molecule has 4 nitrogen and oxygen atoms in total. The summed E-state index contributed by atoms with van der Waals surface area (Å²) in [5.74, 6) is 2.47. The largest absolute Gasteiger partial charge is 0.493 e. The van der Waals surface area contributed by atoms with Crippen LogP contribution in [0, 0.1) is 0 Å². The lowest BCUT2D eigenvalue weighted by Crippen LogP contribution is -2.27. The highest BCUT2D eigenvalue weighted by Gasteiger charge is 2.08. The molecule has 0 saturated heterocycles. The highest BCUT2D eigenvalue weighted by molar-refractivity contribution is 5.43. The Morgan fingerprint density at radius 1 is 1.15 bits per heavy atom. The zero-order valence-electron chi connectivity index (χ0n) is 12.2. The van der Waals surface area contributed by atoms with Crippen LogP contribution in [0.3, 0.4) is 0 Å². The molecule has 2 aromatic rings. The highest BCUT2D eigenvalue weighted by atomic mass is 16.5. The van der Waals surface area contributed by atoms with Gasteiger partial charge in [-0.2, -0.15) is 0 Å². The third-order valence-corrected chi connectivity index (χ3v) is 3.19. The fraction of sp³-hybridized carbons (Fsp3) is 0.375. The lowest BCUT2D eigenvalue weighted by Gasteiger charge is -2.14. The molecular formula is C16H21NO3. The Bertz CT molecular complexity index is 523.